The predicted molar refractivity (Wildman–Crippen MR) is 110 cm³/mol. The first-order valence-corrected chi connectivity index (χ1v) is 9.11. The molecule has 1 N–H and O–H groups in total. The second kappa shape index (κ2) is 9.73. The number of hydrogen-bond acceptors (Lipinski definition) is 7. The number of rotatable bonds is 8. The first kappa shape index (κ1) is 22.7. The van der Waals surface area contributed by atoms with Gasteiger partial charge in [-0.15, -0.1) is 0 Å². The zero-order valence-corrected chi connectivity index (χ0v) is 17.3. The average Bonchev–Trinajstić information content (AvgIpc) is 2.70. The van der Waals surface area contributed by atoms with Crippen molar-refractivity contribution in [2.75, 3.05) is 25.6 Å². The van der Waals surface area contributed by atoms with Gasteiger partial charge in [-0.1, -0.05) is 32.9 Å². The number of ether oxygens (including phenoxy) is 3. The fraction of sp³-hybridized carbons (Fsp3) is 0.333. The molecule has 0 heterocycles. The van der Waals surface area contributed by atoms with Crippen LogP contribution in [0.5, 0.6) is 11.5 Å². The zero-order valence-electron chi connectivity index (χ0n) is 17.3. The number of methoxy groups -OCH3 is 1. The van der Waals surface area contributed by atoms with Crippen LogP contribution >= 0.6 is 0 Å². The van der Waals surface area contributed by atoms with Crippen LogP contribution in [-0.2, 0) is 19.7 Å². The molecule has 0 saturated carbocycles. The summed E-state index contributed by atoms with van der Waals surface area (Å²) in [5.74, 6) is -0.683. The number of amides is 1. The quantitative estimate of drug-likeness (QED) is 0.398. The monoisotopic (exact) mass is 416 g/mol. The molecule has 0 spiro atoms. The molecule has 9 nitrogen and oxygen atoms in total. The van der Waals surface area contributed by atoms with E-state index >= 15 is 0 Å². The van der Waals surface area contributed by atoms with Crippen molar-refractivity contribution >= 4 is 23.3 Å². The molecule has 0 unspecified atom stereocenters. The number of carbonyl (C=O) groups is 2. The third kappa shape index (κ3) is 6.47. The molecule has 0 saturated heterocycles. The summed E-state index contributed by atoms with van der Waals surface area (Å²) in [4.78, 5) is 34.3. The van der Waals surface area contributed by atoms with Gasteiger partial charge in [0.1, 0.15) is 17.2 Å². The van der Waals surface area contributed by atoms with Crippen molar-refractivity contribution in [3.05, 3.63) is 58.1 Å². The highest BCUT2D eigenvalue weighted by Gasteiger charge is 2.18. The van der Waals surface area contributed by atoms with Gasteiger partial charge in [0, 0.05) is 0 Å². The lowest BCUT2D eigenvalue weighted by molar-refractivity contribution is -0.384. The maximum absolute atomic E-state index is 12.0. The zero-order chi connectivity index (χ0) is 22.3. The fourth-order valence-electron chi connectivity index (χ4n) is 2.46. The Morgan fingerprint density at radius 3 is 2.23 bits per heavy atom. The van der Waals surface area contributed by atoms with Crippen LogP contribution in [0.1, 0.15) is 26.3 Å². The Balaban J connectivity index is 1.84. The van der Waals surface area contributed by atoms with Crippen LogP contribution in [0, 0.1) is 10.1 Å². The maximum atomic E-state index is 12.0. The van der Waals surface area contributed by atoms with Gasteiger partial charge in [0.15, 0.2) is 13.2 Å². The number of nitrogens with zero attached hydrogens (tertiary/aromatic N) is 1. The molecule has 2 aromatic rings. The lowest BCUT2D eigenvalue weighted by Gasteiger charge is -2.19. The standard InChI is InChI=1S/C21H24N2O7/c1-21(2,3)14-5-7-15(8-6-14)29-13-20(25)30-12-19(24)22-17-10-9-16(28-4)11-18(17)23(26)27/h5-11H,12-13H2,1-4H3,(H,22,24). The Bertz CT molecular complexity index is 918. The summed E-state index contributed by atoms with van der Waals surface area (Å²) in [6, 6.07) is 11.3. The fourth-order valence-corrected chi connectivity index (χ4v) is 2.46. The third-order valence-corrected chi connectivity index (χ3v) is 4.12. The van der Waals surface area contributed by atoms with Gasteiger partial charge in [-0.25, -0.2) is 4.79 Å². The van der Waals surface area contributed by atoms with Crippen LogP contribution in [0.2, 0.25) is 0 Å². The van der Waals surface area contributed by atoms with Gasteiger partial charge >= 0.3 is 5.97 Å². The molecule has 0 fully saturated rings. The largest absolute Gasteiger partial charge is 0.496 e. The van der Waals surface area contributed by atoms with E-state index in [1.165, 1.54) is 25.3 Å². The summed E-state index contributed by atoms with van der Waals surface area (Å²) in [7, 11) is 1.37. The van der Waals surface area contributed by atoms with Crippen LogP contribution in [0.25, 0.3) is 0 Å². The van der Waals surface area contributed by atoms with Gasteiger partial charge in [-0.3, -0.25) is 14.9 Å². The topological polar surface area (TPSA) is 117 Å². The Labute approximate surface area is 174 Å². The Kier molecular flexibility index (Phi) is 7.35. The lowest BCUT2D eigenvalue weighted by atomic mass is 9.87. The number of benzene rings is 2. The normalized spacial score (nSPS) is 10.8. The van der Waals surface area contributed by atoms with Crippen LogP contribution in [0.3, 0.4) is 0 Å². The summed E-state index contributed by atoms with van der Waals surface area (Å²) in [5.41, 5.74) is 0.763. The van der Waals surface area contributed by atoms with Crippen LogP contribution in [0.4, 0.5) is 11.4 Å². The first-order valence-electron chi connectivity index (χ1n) is 9.11. The van der Waals surface area contributed by atoms with Crippen molar-refractivity contribution in [3.63, 3.8) is 0 Å². The summed E-state index contributed by atoms with van der Waals surface area (Å²) in [6.07, 6.45) is 0. The highest BCUT2D eigenvalue weighted by atomic mass is 16.6. The molecule has 160 valence electrons. The molecule has 9 heteroatoms. The predicted octanol–water partition coefficient (Wildman–Crippen LogP) is 3.46. The van der Waals surface area contributed by atoms with E-state index in [9.17, 15) is 19.7 Å². The van der Waals surface area contributed by atoms with E-state index in [4.69, 9.17) is 14.2 Å². The number of nitro benzene ring substituents is 1. The Morgan fingerprint density at radius 1 is 1.03 bits per heavy atom. The average molecular weight is 416 g/mol. The third-order valence-electron chi connectivity index (χ3n) is 4.12. The first-order chi connectivity index (χ1) is 14.1. The van der Waals surface area contributed by atoms with Crippen molar-refractivity contribution in [1.29, 1.82) is 0 Å². The number of nitro groups is 1. The highest BCUT2D eigenvalue weighted by molar-refractivity contribution is 5.95. The van der Waals surface area contributed by atoms with E-state index in [1.54, 1.807) is 12.1 Å². The SMILES string of the molecule is COc1ccc(NC(=O)COC(=O)COc2ccc(C(C)(C)C)cc2)c([N+](=O)[O-])c1. The second-order valence-corrected chi connectivity index (χ2v) is 7.41. The molecule has 2 aromatic carbocycles. The molecule has 0 atom stereocenters. The number of carbonyl (C=O) groups excluding carboxylic acids is 2. The Morgan fingerprint density at radius 2 is 1.67 bits per heavy atom. The van der Waals surface area contributed by atoms with Gasteiger partial charge in [-0.2, -0.15) is 0 Å². The number of nitrogens with one attached hydrogen (secondary N) is 1. The molecule has 30 heavy (non-hydrogen) atoms. The maximum Gasteiger partial charge on any atom is 0.344 e. The van der Waals surface area contributed by atoms with E-state index in [2.05, 4.69) is 26.1 Å². The Hall–Kier alpha value is -3.62. The highest BCUT2D eigenvalue weighted by Crippen LogP contribution is 2.29. The number of anilines is 1. The van der Waals surface area contributed by atoms with E-state index in [0.717, 1.165) is 5.56 Å². The van der Waals surface area contributed by atoms with E-state index in [1.807, 2.05) is 12.1 Å². The van der Waals surface area contributed by atoms with E-state index in [-0.39, 0.29) is 29.1 Å². The molecule has 0 radical (unpaired) electrons. The van der Waals surface area contributed by atoms with Gasteiger partial charge in [-0.05, 0) is 35.2 Å². The lowest BCUT2D eigenvalue weighted by Crippen LogP contribution is -2.24. The van der Waals surface area contributed by atoms with Crippen molar-refractivity contribution in [1.82, 2.24) is 0 Å². The van der Waals surface area contributed by atoms with Crippen molar-refractivity contribution < 1.29 is 28.7 Å². The summed E-state index contributed by atoms with van der Waals surface area (Å²) in [6.45, 7) is 5.29. The van der Waals surface area contributed by atoms with Gasteiger partial charge in [0.2, 0.25) is 0 Å². The molecule has 0 aromatic heterocycles. The van der Waals surface area contributed by atoms with Crippen LogP contribution < -0.4 is 14.8 Å². The van der Waals surface area contributed by atoms with E-state index in [0.29, 0.717) is 5.75 Å². The number of hydrogen-bond donors (Lipinski definition) is 1. The molecule has 0 aliphatic rings. The van der Waals surface area contributed by atoms with Gasteiger partial charge in [0.05, 0.1) is 18.1 Å². The molecule has 1 amide bonds. The van der Waals surface area contributed by atoms with Crippen LogP contribution in [0.15, 0.2) is 42.5 Å². The van der Waals surface area contributed by atoms with Crippen molar-refractivity contribution in [2.24, 2.45) is 0 Å². The molecular weight excluding hydrogens is 392 g/mol. The smallest absolute Gasteiger partial charge is 0.344 e. The molecule has 2 rings (SSSR count). The van der Waals surface area contributed by atoms with Crippen molar-refractivity contribution in [2.45, 2.75) is 26.2 Å². The molecule has 0 bridgehead atoms. The number of esters is 1. The summed E-state index contributed by atoms with van der Waals surface area (Å²) < 4.78 is 15.1. The minimum Gasteiger partial charge on any atom is -0.496 e. The van der Waals surface area contributed by atoms with E-state index < -0.39 is 23.4 Å². The minimum absolute atomic E-state index is 0.00375. The minimum atomic E-state index is -0.741. The molecule has 0 aliphatic carbocycles. The van der Waals surface area contributed by atoms with Crippen molar-refractivity contribution in [3.8, 4) is 11.5 Å². The second-order valence-electron chi connectivity index (χ2n) is 7.41. The van der Waals surface area contributed by atoms with Gasteiger partial charge < -0.3 is 19.5 Å². The van der Waals surface area contributed by atoms with Crippen LogP contribution in [-0.4, -0.2) is 37.1 Å². The molecule has 0 aliphatic heterocycles. The molecular formula is C21H24N2O7. The van der Waals surface area contributed by atoms with Gasteiger partial charge in [0.25, 0.3) is 11.6 Å². The summed E-state index contributed by atoms with van der Waals surface area (Å²) >= 11 is 0. The summed E-state index contributed by atoms with van der Waals surface area (Å²) in [5, 5.41) is 13.5.